The molecule has 0 spiro atoms. The summed E-state index contributed by atoms with van der Waals surface area (Å²) in [6.45, 7) is 3.86. The summed E-state index contributed by atoms with van der Waals surface area (Å²) in [5.74, 6) is 0.410. The summed E-state index contributed by atoms with van der Waals surface area (Å²) in [5.41, 5.74) is 1.55. The summed E-state index contributed by atoms with van der Waals surface area (Å²) >= 11 is 12.0. The third-order valence-corrected chi connectivity index (χ3v) is 3.68. The molecule has 116 valence electrons. The van der Waals surface area contributed by atoms with E-state index in [0.29, 0.717) is 27.9 Å². The van der Waals surface area contributed by atoms with Gasteiger partial charge in [-0.3, -0.25) is 4.79 Å². The summed E-state index contributed by atoms with van der Waals surface area (Å²) in [4.78, 5) is 12.4. The number of amides is 1. The van der Waals surface area contributed by atoms with Crippen LogP contribution in [-0.4, -0.2) is 12.0 Å². The Labute approximate surface area is 140 Å². The smallest absolute Gasteiger partial charge is 0.265 e. The molecule has 2 rings (SSSR count). The van der Waals surface area contributed by atoms with Crippen LogP contribution in [0.3, 0.4) is 0 Å². The van der Waals surface area contributed by atoms with Gasteiger partial charge in [-0.05, 0) is 49.2 Å². The van der Waals surface area contributed by atoms with Crippen molar-refractivity contribution in [1.29, 1.82) is 0 Å². The van der Waals surface area contributed by atoms with Crippen LogP contribution in [0.15, 0.2) is 42.5 Å². The highest BCUT2D eigenvalue weighted by Gasteiger charge is 2.19. The third-order valence-electron chi connectivity index (χ3n) is 3.12. The maximum absolute atomic E-state index is 12.4. The average Bonchev–Trinajstić information content (AvgIpc) is 2.48. The minimum atomic E-state index is -0.600. The first-order valence-electron chi connectivity index (χ1n) is 6.99. The summed E-state index contributed by atoms with van der Waals surface area (Å²) in [7, 11) is 0. The molecule has 1 amide bonds. The van der Waals surface area contributed by atoms with E-state index in [1.54, 1.807) is 18.2 Å². The van der Waals surface area contributed by atoms with Crippen molar-refractivity contribution in [2.24, 2.45) is 0 Å². The first-order chi connectivity index (χ1) is 10.5. The Hall–Kier alpha value is -1.71. The molecule has 0 bridgehead atoms. The van der Waals surface area contributed by atoms with Crippen LogP contribution in [0.2, 0.25) is 10.0 Å². The van der Waals surface area contributed by atoms with Crippen LogP contribution in [-0.2, 0) is 4.79 Å². The van der Waals surface area contributed by atoms with Gasteiger partial charge in [0.15, 0.2) is 6.10 Å². The number of nitrogens with one attached hydrogen (secondary N) is 1. The lowest BCUT2D eigenvalue weighted by Crippen LogP contribution is -2.32. The van der Waals surface area contributed by atoms with E-state index in [2.05, 4.69) is 5.32 Å². The Morgan fingerprint density at radius 2 is 2.00 bits per heavy atom. The number of benzene rings is 2. The molecular formula is C17H17Cl2NO2. The van der Waals surface area contributed by atoms with Gasteiger partial charge in [-0.25, -0.2) is 0 Å². The number of hydrogen-bond donors (Lipinski definition) is 1. The number of halogens is 2. The Morgan fingerprint density at radius 3 is 2.68 bits per heavy atom. The molecule has 0 fully saturated rings. The van der Waals surface area contributed by atoms with E-state index in [4.69, 9.17) is 27.9 Å². The van der Waals surface area contributed by atoms with Gasteiger partial charge in [0.25, 0.3) is 5.91 Å². The maximum Gasteiger partial charge on any atom is 0.265 e. The Kier molecular flexibility index (Phi) is 5.69. The second-order valence-electron chi connectivity index (χ2n) is 4.94. The van der Waals surface area contributed by atoms with Crippen molar-refractivity contribution < 1.29 is 9.53 Å². The van der Waals surface area contributed by atoms with Gasteiger partial charge in [-0.1, -0.05) is 42.3 Å². The zero-order valence-corrected chi connectivity index (χ0v) is 13.9. The van der Waals surface area contributed by atoms with Crippen molar-refractivity contribution in [3.63, 3.8) is 0 Å². The molecule has 0 aliphatic carbocycles. The molecule has 0 aliphatic heterocycles. The molecule has 0 heterocycles. The zero-order valence-electron chi connectivity index (χ0n) is 12.4. The highest BCUT2D eigenvalue weighted by atomic mass is 35.5. The minimum Gasteiger partial charge on any atom is -0.481 e. The number of carbonyl (C=O) groups is 1. The van der Waals surface area contributed by atoms with Gasteiger partial charge in [-0.2, -0.15) is 0 Å². The number of ether oxygens (including phenoxy) is 1. The van der Waals surface area contributed by atoms with Gasteiger partial charge < -0.3 is 10.1 Å². The van der Waals surface area contributed by atoms with Gasteiger partial charge in [0.05, 0.1) is 10.7 Å². The fraction of sp³-hybridized carbons (Fsp3) is 0.235. The summed E-state index contributed by atoms with van der Waals surface area (Å²) in [6, 6.07) is 12.5. The summed E-state index contributed by atoms with van der Waals surface area (Å²) < 4.78 is 5.76. The second-order valence-corrected chi connectivity index (χ2v) is 5.79. The Morgan fingerprint density at radius 1 is 1.23 bits per heavy atom. The van der Waals surface area contributed by atoms with Crippen molar-refractivity contribution in [2.45, 2.75) is 26.4 Å². The predicted molar refractivity (Wildman–Crippen MR) is 91.0 cm³/mol. The minimum absolute atomic E-state index is 0.256. The number of aryl methyl sites for hydroxylation is 1. The number of hydrogen-bond acceptors (Lipinski definition) is 2. The lowest BCUT2D eigenvalue weighted by molar-refractivity contribution is -0.122. The van der Waals surface area contributed by atoms with Crippen molar-refractivity contribution >= 4 is 34.8 Å². The van der Waals surface area contributed by atoms with Crippen LogP contribution in [0.1, 0.15) is 18.9 Å². The molecule has 0 saturated carbocycles. The molecule has 0 unspecified atom stereocenters. The van der Waals surface area contributed by atoms with Gasteiger partial charge >= 0.3 is 0 Å². The number of anilines is 1. The monoisotopic (exact) mass is 337 g/mol. The van der Waals surface area contributed by atoms with Crippen LogP contribution in [0.4, 0.5) is 5.69 Å². The van der Waals surface area contributed by atoms with Crippen molar-refractivity contribution in [3.05, 3.63) is 58.1 Å². The van der Waals surface area contributed by atoms with Gasteiger partial charge in [0.2, 0.25) is 0 Å². The largest absolute Gasteiger partial charge is 0.481 e. The average molecular weight is 338 g/mol. The molecule has 3 nitrogen and oxygen atoms in total. The Balaban J connectivity index is 2.10. The first kappa shape index (κ1) is 16.7. The van der Waals surface area contributed by atoms with Gasteiger partial charge in [-0.15, -0.1) is 0 Å². The normalized spacial score (nSPS) is 11.8. The number of carbonyl (C=O) groups excluding carboxylic acids is 1. The molecule has 5 heteroatoms. The van der Waals surface area contributed by atoms with Gasteiger partial charge in [0.1, 0.15) is 5.75 Å². The van der Waals surface area contributed by atoms with Gasteiger partial charge in [0, 0.05) is 5.02 Å². The zero-order chi connectivity index (χ0) is 16.1. The van der Waals surface area contributed by atoms with Crippen LogP contribution < -0.4 is 10.1 Å². The molecular weight excluding hydrogens is 321 g/mol. The summed E-state index contributed by atoms with van der Waals surface area (Å²) in [5, 5.41) is 3.70. The Bertz CT molecular complexity index is 673. The molecule has 2 aromatic rings. The van der Waals surface area contributed by atoms with Crippen LogP contribution >= 0.6 is 23.2 Å². The highest BCUT2D eigenvalue weighted by molar-refractivity contribution is 6.35. The fourth-order valence-corrected chi connectivity index (χ4v) is 2.32. The highest BCUT2D eigenvalue weighted by Crippen LogP contribution is 2.26. The molecule has 0 aliphatic rings. The number of rotatable bonds is 5. The van der Waals surface area contributed by atoms with E-state index < -0.39 is 6.10 Å². The van der Waals surface area contributed by atoms with E-state index in [1.165, 1.54) is 0 Å². The van der Waals surface area contributed by atoms with E-state index in [9.17, 15) is 4.79 Å². The lowest BCUT2D eigenvalue weighted by atomic mass is 10.2. The van der Waals surface area contributed by atoms with Crippen molar-refractivity contribution in [3.8, 4) is 5.75 Å². The second kappa shape index (κ2) is 7.52. The maximum atomic E-state index is 12.4. The topological polar surface area (TPSA) is 38.3 Å². The van der Waals surface area contributed by atoms with Crippen LogP contribution in [0, 0.1) is 6.92 Å². The molecule has 22 heavy (non-hydrogen) atoms. The third kappa shape index (κ3) is 4.39. The quantitative estimate of drug-likeness (QED) is 0.824. The van der Waals surface area contributed by atoms with E-state index in [1.807, 2.05) is 38.1 Å². The van der Waals surface area contributed by atoms with E-state index in [0.717, 1.165) is 5.56 Å². The molecule has 0 radical (unpaired) electrons. The fourth-order valence-electron chi connectivity index (χ4n) is 1.98. The summed E-state index contributed by atoms with van der Waals surface area (Å²) in [6.07, 6.45) is -0.0605. The van der Waals surface area contributed by atoms with Crippen molar-refractivity contribution in [2.75, 3.05) is 5.32 Å². The molecule has 2 aromatic carbocycles. The van der Waals surface area contributed by atoms with E-state index in [-0.39, 0.29) is 5.91 Å². The standard InChI is InChI=1S/C17H17Cl2NO2/c1-3-16(22-13-6-4-5-11(2)9-13)17(21)20-15-10-12(18)7-8-14(15)19/h4-10,16H,3H2,1-2H3,(H,20,21)/t16-/m1/s1. The molecule has 1 atom stereocenters. The molecule has 0 aromatic heterocycles. The van der Waals surface area contributed by atoms with E-state index >= 15 is 0 Å². The first-order valence-corrected chi connectivity index (χ1v) is 7.74. The van der Waals surface area contributed by atoms with Crippen molar-refractivity contribution in [1.82, 2.24) is 0 Å². The molecule has 1 N–H and O–H groups in total. The van der Waals surface area contributed by atoms with Crippen LogP contribution in [0.25, 0.3) is 0 Å². The molecule has 0 saturated heterocycles. The SMILES string of the molecule is CC[C@@H](Oc1cccc(C)c1)C(=O)Nc1cc(Cl)ccc1Cl. The predicted octanol–water partition coefficient (Wildman–Crippen LogP) is 5.10. The van der Waals surface area contributed by atoms with Crippen LogP contribution in [0.5, 0.6) is 5.75 Å². The lowest BCUT2D eigenvalue weighted by Gasteiger charge is -2.18.